The Bertz CT molecular complexity index is 878. The Kier molecular flexibility index (Phi) is 6.90. The topological polar surface area (TPSA) is 75.3 Å². The minimum atomic E-state index is -0.848. The molecule has 1 atom stereocenters. The number of nitrogens with zero attached hydrogens (tertiary/aromatic N) is 2. The van der Waals surface area contributed by atoms with Crippen LogP contribution in [0.5, 0.6) is 0 Å². The second-order valence-corrected chi connectivity index (χ2v) is 8.51. The molecular formula is C23H30FN3O3. The van der Waals surface area contributed by atoms with Crippen LogP contribution in [0, 0.1) is 17.2 Å². The number of amides is 1. The average Bonchev–Trinajstić information content (AvgIpc) is 3.17. The number of H-pyrrole nitrogens is 1. The van der Waals surface area contributed by atoms with Crippen LogP contribution in [0.15, 0.2) is 30.3 Å². The summed E-state index contributed by atoms with van der Waals surface area (Å²) in [4.78, 5) is 27.8. The number of hydrogen-bond donors (Lipinski definition) is 1. The van der Waals surface area contributed by atoms with Crippen molar-refractivity contribution in [2.45, 2.75) is 46.5 Å². The highest BCUT2D eigenvalue weighted by Crippen LogP contribution is 2.36. The number of halogens is 1. The van der Waals surface area contributed by atoms with Crippen molar-refractivity contribution >= 4 is 11.9 Å². The van der Waals surface area contributed by atoms with Gasteiger partial charge in [0.1, 0.15) is 11.5 Å². The molecule has 1 aliphatic heterocycles. The zero-order chi connectivity index (χ0) is 21.7. The van der Waals surface area contributed by atoms with E-state index in [2.05, 4.69) is 24.0 Å². The van der Waals surface area contributed by atoms with E-state index in [0.29, 0.717) is 37.4 Å². The molecule has 0 saturated carbocycles. The number of carbonyl (C=O) groups excluding carboxylic acids is 2. The van der Waals surface area contributed by atoms with Crippen molar-refractivity contribution in [1.29, 1.82) is 0 Å². The predicted octanol–water partition coefficient (Wildman–Crippen LogP) is 3.78. The highest BCUT2D eigenvalue weighted by Gasteiger charge is 2.45. The van der Waals surface area contributed by atoms with Gasteiger partial charge < -0.3 is 9.64 Å². The van der Waals surface area contributed by atoms with Crippen molar-refractivity contribution in [2.24, 2.45) is 11.3 Å². The number of aromatic amines is 1. The fourth-order valence-electron chi connectivity index (χ4n) is 4.14. The lowest BCUT2D eigenvalue weighted by Crippen LogP contribution is -2.51. The molecule has 1 aromatic heterocycles. The summed E-state index contributed by atoms with van der Waals surface area (Å²) in [5.74, 6) is -0.362. The Hall–Kier alpha value is -2.70. The van der Waals surface area contributed by atoms with Gasteiger partial charge in [-0.2, -0.15) is 5.10 Å². The minimum Gasteiger partial charge on any atom is -0.466 e. The number of hydrogen-bond acceptors (Lipinski definition) is 4. The summed E-state index contributed by atoms with van der Waals surface area (Å²) in [6.07, 6.45) is 2.52. The standard InChI is InChI=1S/C23H30FN3O3/c1-4-30-22(29)23(14-17-6-8-18(24)9-7-17)10-5-11-27(15-23)21(28)20-13-19(25-26-20)12-16(2)3/h6-9,13,16H,4-5,10-12,14-15H2,1-3H3,(H,25,26)/t23-/m0/s1. The summed E-state index contributed by atoms with van der Waals surface area (Å²) < 4.78 is 18.7. The van der Waals surface area contributed by atoms with E-state index in [9.17, 15) is 14.0 Å². The maximum absolute atomic E-state index is 13.3. The molecule has 1 N–H and O–H groups in total. The fourth-order valence-corrected chi connectivity index (χ4v) is 4.14. The van der Waals surface area contributed by atoms with Crippen molar-refractivity contribution in [3.8, 4) is 0 Å². The second kappa shape index (κ2) is 9.41. The quantitative estimate of drug-likeness (QED) is 0.699. The Balaban J connectivity index is 1.82. The molecule has 6 nitrogen and oxygen atoms in total. The minimum absolute atomic E-state index is 0.186. The first kappa shape index (κ1) is 22.0. The molecule has 1 saturated heterocycles. The lowest BCUT2D eigenvalue weighted by atomic mass is 9.75. The third kappa shape index (κ3) is 5.07. The van der Waals surface area contributed by atoms with Crippen LogP contribution < -0.4 is 0 Å². The largest absolute Gasteiger partial charge is 0.466 e. The predicted molar refractivity (Wildman–Crippen MR) is 111 cm³/mol. The van der Waals surface area contributed by atoms with E-state index in [1.165, 1.54) is 12.1 Å². The summed E-state index contributed by atoms with van der Waals surface area (Å²) in [5.41, 5.74) is 1.29. The molecule has 3 rings (SSSR count). The Morgan fingerprint density at radius 2 is 2.03 bits per heavy atom. The lowest BCUT2D eigenvalue weighted by molar-refractivity contribution is -0.158. The first-order valence-corrected chi connectivity index (χ1v) is 10.6. The van der Waals surface area contributed by atoms with Gasteiger partial charge in [0.15, 0.2) is 0 Å². The van der Waals surface area contributed by atoms with Gasteiger partial charge in [0.05, 0.1) is 12.0 Å². The van der Waals surface area contributed by atoms with Crippen molar-refractivity contribution in [1.82, 2.24) is 15.1 Å². The molecule has 2 aromatic rings. The molecule has 0 radical (unpaired) electrons. The van der Waals surface area contributed by atoms with Crippen LogP contribution in [0.1, 0.15) is 55.4 Å². The number of benzene rings is 1. The number of aromatic nitrogens is 2. The molecule has 7 heteroatoms. The van der Waals surface area contributed by atoms with Gasteiger partial charge in [-0.1, -0.05) is 26.0 Å². The van der Waals surface area contributed by atoms with E-state index in [4.69, 9.17) is 4.74 Å². The molecule has 30 heavy (non-hydrogen) atoms. The third-order valence-electron chi connectivity index (χ3n) is 5.51. The summed E-state index contributed by atoms with van der Waals surface area (Å²) in [6, 6.07) is 7.94. The van der Waals surface area contributed by atoms with E-state index >= 15 is 0 Å². The zero-order valence-corrected chi connectivity index (χ0v) is 17.9. The highest BCUT2D eigenvalue weighted by atomic mass is 19.1. The summed E-state index contributed by atoms with van der Waals surface area (Å²) >= 11 is 0. The van der Waals surface area contributed by atoms with Crippen LogP contribution in [-0.2, 0) is 22.4 Å². The highest BCUT2D eigenvalue weighted by molar-refractivity contribution is 5.93. The van der Waals surface area contributed by atoms with Gasteiger partial charge in [0.25, 0.3) is 5.91 Å². The van der Waals surface area contributed by atoms with Crippen molar-refractivity contribution in [2.75, 3.05) is 19.7 Å². The average molecular weight is 416 g/mol. The van der Waals surface area contributed by atoms with Gasteiger partial charge >= 0.3 is 5.97 Å². The van der Waals surface area contributed by atoms with Gasteiger partial charge in [-0.25, -0.2) is 4.39 Å². The second-order valence-electron chi connectivity index (χ2n) is 8.51. The van der Waals surface area contributed by atoms with E-state index in [0.717, 1.165) is 17.7 Å². The smallest absolute Gasteiger partial charge is 0.314 e. The van der Waals surface area contributed by atoms with Crippen LogP contribution in [0.2, 0.25) is 0 Å². The summed E-state index contributed by atoms with van der Waals surface area (Å²) in [7, 11) is 0. The fraction of sp³-hybridized carbons (Fsp3) is 0.522. The van der Waals surface area contributed by atoms with Gasteiger partial charge in [-0.15, -0.1) is 0 Å². The Labute approximate surface area is 176 Å². The number of esters is 1. The molecule has 1 aromatic carbocycles. The molecule has 1 aliphatic rings. The van der Waals surface area contributed by atoms with Gasteiger partial charge in [-0.3, -0.25) is 14.7 Å². The summed E-state index contributed by atoms with van der Waals surface area (Å²) in [5, 5.41) is 7.13. The normalized spacial score (nSPS) is 19.2. The molecule has 1 fully saturated rings. The molecular weight excluding hydrogens is 385 g/mol. The van der Waals surface area contributed by atoms with E-state index < -0.39 is 5.41 Å². The zero-order valence-electron chi connectivity index (χ0n) is 17.9. The van der Waals surface area contributed by atoms with Crippen LogP contribution in [0.4, 0.5) is 4.39 Å². The molecule has 0 unspecified atom stereocenters. The van der Waals surface area contributed by atoms with Crippen LogP contribution in [0.3, 0.4) is 0 Å². The molecule has 1 amide bonds. The van der Waals surface area contributed by atoms with Gasteiger partial charge in [0.2, 0.25) is 0 Å². The molecule has 0 spiro atoms. The third-order valence-corrected chi connectivity index (χ3v) is 5.51. The van der Waals surface area contributed by atoms with E-state index in [-0.39, 0.29) is 30.8 Å². The lowest BCUT2D eigenvalue weighted by Gasteiger charge is -2.40. The maximum atomic E-state index is 13.3. The van der Waals surface area contributed by atoms with E-state index in [1.807, 2.05) is 0 Å². The number of likely N-dealkylation sites (tertiary alicyclic amines) is 1. The van der Waals surface area contributed by atoms with E-state index in [1.54, 1.807) is 30.0 Å². The van der Waals surface area contributed by atoms with Gasteiger partial charge in [0, 0.05) is 18.8 Å². The summed E-state index contributed by atoms with van der Waals surface area (Å²) in [6.45, 7) is 7.08. The first-order valence-electron chi connectivity index (χ1n) is 10.6. The first-order chi connectivity index (χ1) is 14.3. The van der Waals surface area contributed by atoms with Crippen molar-refractivity contribution in [3.05, 3.63) is 53.1 Å². The SMILES string of the molecule is CCOC(=O)[C@]1(Cc2ccc(F)cc2)CCCN(C(=O)c2cc(CC(C)C)[nH]n2)C1. The molecule has 0 aliphatic carbocycles. The monoisotopic (exact) mass is 415 g/mol. The molecule has 2 heterocycles. The van der Waals surface area contributed by atoms with Crippen LogP contribution in [0.25, 0.3) is 0 Å². The number of ether oxygens (including phenoxy) is 1. The van der Waals surface area contributed by atoms with Crippen LogP contribution in [-0.4, -0.2) is 46.7 Å². The number of rotatable bonds is 7. The number of piperidine rings is 1. The van der Waals surface area contributed by atoms with Gasteiger partial charge in [-0.05, 0) is 62.3 Å². The Morgan fingerprint density at radius 1 is 1.30 bits per heavy atom. The van der Waals surface area contributed by atoms with Crippen LogP contribution >= 0.6 is 0 Å². The maximum Gasteiger partial charge on any atom is 0.314 e. The molecule has 0 bridgehead atoms. The number of nitrogens with one attached hydrogen (secondary N) is 1. The van der Waals surface area contributed by atoms with Crippen molar-refractivity contribution < 1.29 is 18.7 Å². The molecule has 162 valence electrons. The van der Waals surface area contributed by atoms with Crippen molar-refractivity contribution in [3.63, 3.8) is 0 Å². The number of carbonyl (C=O) groups is 2. The Morgan fingerprint density at radius 3 is 2.70 bits per heavy atom.